The molecular weight excluding hydrogens is 456 g/mol. The van der Waals surface area contributed by atoms with Crippen LogP contribution in [0.15, 0.2) is 78.2 Å². The second-order valence-electron chi connectivity index (χ2n) is 8.94. The van der Waals surface area contributed by atoms with E-state index >= 15 is 0 Å². The first-order chi connectivity index (χ1) is 17.1. The van der Waals surface area contributed by atoms with Crippen molar-refractivity contribution in [3.63, 3.8) is 0 Å². The normalized spacial score (nSPS) is 13.9. The van der Waals surface area contributed by atoms with Crippen molar-refractivity contribution in [2.24, 2.45) is 0 Å². The van der Waals surface area contributed by atoms with Gasteiger partial charge in [-0.15, -0.1) is 11.3 Å². The Bertz CT molecular complexity index is 1280. The number of thiazole rings is 1. The number of aromatic carboxylic acids is 1. The minimum Gasteiger partial charge on any atom is -0.489 e. The van der Waals surface area contributed by atoms with Crippen molar-refractivity contribution in [2.45, 2.75) is 44.6 Å². The number of nitrogens with zero attached hydrogens (tertiary/aromatic N) is 1. The first-order valence-electron chi connectivity index (χ1n) is 12.0. The lowest BCUT2D eigenvalue weighted by molar-refractivity contribution is 0.0697. The summed E-state index contributed by atoms with van der Waals surface area (Å²) in [4.78, 5) is 15.7. The van der Waals surface area contributed by atoms with Crippen molar-refractivity contribution in [3.05, 3.63) is 94.9 Å². The number of ether oxygens (including phenoxy) is 1. The highest BCUT2D eigenvalue weighted by Crippen LogP contribution is 2.33. The number of anilines is 2. The van der Waals surface area contributed by atoms with Crippen LogP contribution in [0, 0.1) is 0 Å². The fourth-order valence-electron chi connectivity index (χ4n) is 4.52. The Morgan fingerprint density at radius 2 is 1.77 bits per heavy atom. The van der Waals surface area contributed by atoms with E-state index in [9.17, 15) is 4.79 Å². The zero-order valence-electron chi connectivity index (χ0n) is 19.4. The van der Waals surface area contributed by atoms with Crippen molar-refractivity contribution in [1.82, 2.24) is 4.98 Å². The summed E-state index contributed by atoms with van der Waals surface area (Å²) in [5.41, 5.74) is 5.53. The molecule has 5 rings (SSSR count). The smallest absolute Gasteiger partial charge is 0.335 e. The molecule has 1 fully saturated rings. The molecule has 0 atom stereocenters. The monoisotopic (exact) mass is 484 g/mol. The fourth-order valence-corrected chi connectivity index (χ4v) is 5.26. The highest BCUT2D eigenvalue weighted by Gasteiger charge is 2.15. The van der Waals surface area contributed by atoms with Crippen LogP contribution in [-0.4, -0.2) is 16.1 Å². The lowest BCUT2D eigenvalue weighted by Gasteiger charge is -2.22. The molecule has 0 bridgehead atoms. The average molecular weight is 485 g/mol. The van der Waals surface area contributed by atoms with E-state index in [0.29, 0.717) is 6.61 Å². The topological polar surface area (TPSA) is 71.5 Å². The Morgan fingerprint density at radius 3 is 2.51 bits per heavy atom. The molecule has 0 aliphatic heterocycles. The first kappa shape index (κ1) is 23.1. The molecule has 1 aromatic heterocycles. The Balaban J connectivity index is 1.20. The van der Waals surface area contributed by atoms with Crippen molar-refractivity contribution in [3.8, 4) is 17.0 Å². The minimum atomic E-state index is -0.938. The summed E-state index contributed by atoms with van der Waals surface area (Å²) in [6.45, 7) is 0.532. The number of rotatable bonds is 8. The summed E-state index contributed by atoms with van der Waals surface area (Å²) in [7, 11) is 0. The zero-order chi connectivity index (χ0) is 24.0. The predicted octanol–water partition coefficient (Wildman–Crippen LogP) is 7.88. The highest BCUT2D eigenvalue weighted by atomic mass is 32.1. The van der Waals surface area contributed by atoms with E-state index in [-0.39, 0.29) is 5.56 Å². The summed E-state index contributed by atoms with van der Waals surface area (Å²) in [5, 5.41) is 15.0. The second kappa shape index (κ2) is 10.7. The molecule has 35 heavy (non-hydrogen) atoms. The van der Waals surface area contributed by atoms with Gasteiger partial charge in [0.15, 0.2) is 5.13 Å². The summed E-state index contributed by atoms with van der Waals surface area (Å²) < 4.78 is 6.08. The van der Waals surface area contributed by atoms with Gasteiger partial charge >= 0.3 is 5.97 Å². The maximum atomic E-state index is 11.0. The second-order valence-corrected chi connectivity index (χ2v) is 9.80. The SMILES string of the molecule is O=C(O)c1ccc(Nc2nc(-c3cccc(OCc4ccc(C5CCCCC5)cc4)c3)cs2)cc1. The van der Waals surface area contributed by atoms with Crippen molar-refractivity contribution in [2.75, 3.05) is 5.32 Å². The molecule has 6 heteroatoms. The van der Waals surface area contributed by atoms with Crippen molar-refractivity contribution >= 4 is 28.1 Å². The van der Waals surface area contributed by atoms with Crippen molar-refractivity contribution in [1.29, 1.82) is 0 Å². The third kappa shape index (κ3) is 5.89. The Kier molecular flexibility index (Phi) is 7.09. The molecule has 0 amide bonds. The van der Waals surface area contributed by atoms with Crippen LogP contribution in [0.1, 0.15) is 59.5 Å². The predicted molar refractivity (Wildman–Crippen MR) is 141 cm³/mol. The molecule has 5 nitrogen and oxygen atoms in total. The number of hydrogen-bond acceptors (Lipinski definition) is 5. The van der Waals surface area contributed by atoms with E-state index in [1.807, 2.05) is 29.6 Å². The number of aromatic nitrogens is 1. The summed E-state index contributed by atoms with van der Waals surface area (Å²) >= 11 is 1.50. The van der Waals surface area contributed by atoms with Gasteiger partial charge in [0.05, 0.1) is 11.3 Å². The van der Waals surface area contributed by atoms with Gasteiger partial charge in [-0.1, -0.05) is 55.7 Å². The molecule has 1 aliphatic carbocycles. The average Bonchev–Trinajstić information content (AvgIpc) is 3.37. The van der Waals surface area contributed by atoms with Gasteiger partial charge < -0.3 is 15.2 Å². The van der Waals surface area contributed by atoms with Crippen LogP contribution in [0.3, 0.4) is 0 Å². The highest BCUT2D eigenvalue weighted by molar-refractivity contribution is 7.14. The number of benzene rings is 3. The largest absolute Gasteiger partial charge is 0.489 e. The van der Waals surface area contributed by atoms with Crippen LogP contribution >= 0.6 is 11.3 Å². The van der Waals surface area contributed by atoms with Crippen LogP contribution in [0.2, 0.25) is 0 Å². The van der Waals surface area contributed by atoms with E-state index in [1.165, 1.54) is 54.6 Å². The molecule has 0 radical (unpaired) electrons. The maximum Gasteiger partial charge on any atom is 0.335 e. The molecule has 3 aromatic carbocycles. The first-order valence-corrected chi connectivity index (χ1v) is 12.9. The van der Waals surface area contributed by atoms with Gasteiger partial charge in [-0.3, -0.25) is 0 Å². The van der Waals surface area contributed by atoms with Gasteiger partial charge in [-0.05, 0) is 66.3 Å². The molecular formula is C29H28N2O3S. The van der Waals surface area contributed by atoms with E-state index in [4.69, 9.17) is 9.84 Å². The molecule has 2 N–H and O–H groups in total. The van der Waals surface area contributed by atoms with E-state index in [1.54, 1.807) is 24.3 Å². The molecule has 0 unspecified atom stereocenters. The van der Waals surface area contributed by atoms with Gasteiger partial charge in [0.2, 0.25) is 0 Å². The quantitative estimate of drug-likeness (QED) is 0.266. The molecule has 178 valence electrons. The van der Waals surface area contributed by atoms with E-state index in [2.05, 4.69) is 34.6 Å². The Morgan fingerprint density at radius 1 is 1.00 bits per heavy atom. The molecule has 4 aromatic rings. The maximum absolute atomic E-state index is 11.0. The third-order valence-corrected chi connectivity index (χ3v) is 7.24. The number of carboxylic acid groups (broad SMARTS) is 1. The van der Waals surface area contributed by atoms with Gasteiger partial charge in [0, 0.05) is 16.6 Å². The molecule has 0 spiro atoms. The summed E-state index contributed by atoms with van der Waals surface area (Å²) in [6, 6.07) is 23.5. The summed E-state index contributed by atoms with van der Waals surface area (Å²) in [6.07, 6.45) is 6.70. The molecule has 1 heterocycles. The summed E-state index contributed by atoms with van der Waals surface area (Å²) in [5.74, 6) is 0.592. The van der Waals surface area contributed by atoms with E-state index in [0.717, 1.165) is 33.7 Å². The molecule has 1 aliphatic rings. The number of hydrogen-bond donors (Lipinski definition) is 2. The van der Waals surface area contributed by atoms with Gasteiger partial charge in [0.25, 0.3) is 0 Å². The minimum absolute atomic E-state index is 0.257. The van der Waals surface area contributed by atoms with Crippen LogP contribution in [-0.2, 0) is 6.61 Å². The lowest BCUT2D eigenvalue weighted by Crippen LogP contribution is -2.04. The Labute approximate surface area is 209 Å². The van der Waals surface area contributed by atoms with Gasteiger partial charge in [-0.25, -0.2) is 9.78 Å². The van der Waals surface area contributed by atoms with Crippen LogP contribution in [0.4, 0.5) is 10.8 Å². The standard InChI is InChI=1S/C29H28N2O3S/c32-28(33)23-13-15-25(16-14-23)30-29-31-27(19-35-29)24-7-4-8-26(17-24)34-18-20-9-11-22(12-10-20)21-5-2-1-3-6-21/h4,7-17,19,21H,1-3,5-6,18H2,(H,30,31)(H,32,33). The van der Waals surface area contributed by atoms with Gasteiger partial charge in [0.1, 0.15) is 12.4 Å². The van der Waals surface area contributed by atoms with Crippen LogP contribution in [0.5, 0.6) is 5.75 Å². The van der Waals surface area contributed by atoms with Gasteiger partial charge in [-0.2, -0.15) is 0 Å². The van der Waals surface area contributed by atoms with Crippen LogP contribution < -0.4 is 10.1 Å². The Hall–Kier alpha value is -3.64. The third-order valence-electron chi connectivity index (χ3n) is 6.48. The molecule has 0 saturated heterocycles. The van der Waals surface area contributed by atoms with Crippen LogP contribution in [0.25, 0.3) is 11.3 Å². The number of carbonyl (C=O) groups is 1. The number of nitrogens with one attached hydrogen (secondary N) is 1. The van der Waals surface area contributed by atoms with E-state index < -0.39 is 5.97 Å². The number of carboxylic acids is 1. The molecule has 1 saturated carbocycles. The zero-order valence-corrected chi connectivity index (χ0v) is 20.3. The fraction of sp³-hybridized carbons (Fsp3) is 0.241. The van der Waals surface area contributed by atoms with Crippen molar-refractivity contribution < 1.29 is 14.6 Å². The lowest BCUT2D eigenvalue weighted by atomic mass is 9.84.